The number of hydrogen-bond donors (Lipinski definition) is 0. The van der Waals surface area contributed by atoms with Crippen molar-refractivity contribution < 1.29 is 52.7 Å². The second kappa shape index (κ2) is 23.8. The van der Waals surface area contributed by atoms with E-state index in [1.54, 1.807) is 15.1 Å². The minimum Gasteiger partial charge on any atom is -0.0734 e. The molecule has 2 saturated carbocycles. The van der Waals surface area contributed by atoms with Gasteiger partial charge in [-0.2, -0.15) is 0 Å². The molecule has 2 aromatic rings. The molecule has 0 spiro atoms. The molecule has 4 atom stereocenters. The molecule has 0 aromatic carbocycles. The van der Waals surface area contributed by atoms with Crippen molar-refractivity contribution in [2.45, 2.75) is 150 Å². The van der Waals surface area contributed by atoms with E-state index in [-0.39, 0.29) is 34.1 Å². The topological polar surface area (TPSA) is 79.6 Å². The van der Waals surface area contributed by atoms with Crippen molar-refractivity contribution in [2.24, 2.45) is 68.0 Å². The Morgan fingerprint density at radius 2 is 0.479 bits per heavy atom. The molecule has 2 heterocycles. The van der Waals surface area contributed by atoms with Crippen LogP contribution in [0, 0.1) is 94.6 Å². The van der Waals surface area contributed by atoms with E-state index in [4.69, 9.17) is 18.6 Å². The van der Waals surface area contributed by atoms with E-state index in [9.17, 15) is 0 Å². The van der Waals surface area contributed by atoms with Crippen LogP contribution in [0.4, 0.5) is 0 Å². The molecule has 4 unspecified atom stereocenters. The third-order valence-electron chi connectivity index (χ3n) is 10.5. The Morgan fingerprint density at radius 3 is 0.542 bits per heavy atom. The SMILES string of the molecule is CC(C)(C)C1CC(C(C)(C)C)C(C(C)(C)C)C1.CC(C)(C)C1CC(C(C)(C)C)C(C(C)(C)C)C1.[C-]#[O+].[C-]#[O+].[C-]#[O+].[C-]#[O+].[Fe].[Fe].[pH]1p2[pH]p12. The molecule has 4 nitrogen and oxygen atoms in total. The Balaban J connectivity index is -0.000000186. The van der Waals surface area contributed by atoms with Crippen molar-refractivity contribution in [1.82, 2.24) is 0 Å². The Labute approximate surface area is 323 Å². The van der Waals surface area contributed by atoms with Crippen LogP contribution in [0.25, 0.3) is 0 Å². The average Bonchev–Trinajstić information content (AvgIpc) is 3.67. The zero-order valence-corrected chi connectivity index (χ0v) is 39.5. The maximum absolute atomic E-state index is 7.50. The van der Waals surface area contributed by atoms with Crippen LogP contribution in [0.15, 0.2) is 0 Å². The summed E-state index contributed by atoms with van der Waals surface area (Å²) < 4.78 is 30.0. The molecule has 4 rings (SSSR count). The van der Waals surface area contributed by atoms with Crippen molar-refractivity contribution in [3.05, 3.63) is 26.6 Å². The van der Waals surface area contributed by atoms with E-state index in [0.717, 1.165) is 48.2 Å². The second-order valence-corrected chi connectivity index (χ2v) is 41.2. The fourth-order valence-electron chi connectivity index (χ4n) is 7.46. The third kappa shape index (κ3) is 21.0. The molecule has 2 aliphatic rings. The molecule has 48 heavy (non-hydrogen) atoms. The van der Waals surface area contributed by atoms with Gasteiger partial charge in [-0.3, -0.25) is 0 Å². The summed E-state index contributed by atoms with van der Waals surface area (Å²) in [6.45, 7) is 61.7. The van der Waals surface area contributed by atoms with Crippen LogP contribution in [0.5, 0.6) is 0 Å². The van der Waals surface area contributed by atoms with Crippen molar-refractivity contribution in [2.75, 3.05) is 0 Å². The summed E-state index contributed by atoms with van der Waals surface area (Å²) >= 11 is 0. The van der Waals surface area contributed by atoms with Crippen molar-refractivity contribution in [3.63, 3.8) is 0 Å². The number of fused-ring (bicyclic) bond motifs is 1. The Bertz CT molecular complexity index is 967. The standard InChI is InChI=1S/2C17H34.4CO.2Fe.H2P4/c2*1-15(2,3)12-10-13(16(4,5)6)14(11-12)17(7,8)9;4*1-2;;;1-3-2-4(1)3/h2*12-14H,10-11H2,1-9H3;;;;;;;1-2H. The molecule has 10 heteroatoms. The maximum Gasteiger partial charge on any atom is 0 e. The van der Waals surface area contributed by atoms with E-state index >= 15 is 0 Å². The van der Waals surface area contributed by atoms with Crippen LogP contribution in [0.3, 0.4) is 0 Å². The molecular formula is C38H70Fe2O4P4. The van der Waals surface area contributed by atoms with Gasteiger partial charge in [0.15, 0.2) is 0 Å². The first-order chi connectivity index (χ1) is 20.6. The van der Waals surface area contributed by atoms with Crippen molar-refractivity contribution >= 4 is 27.8 Å². The molecule has 0 N–H and O–H groups in total. The molecule has 282 valence electrons. The predicted octanol–water partition coefficient (Wildman–Crippen LogP) is 14.3. The first-order valence-corrected chi connectivity index (χ1v) is 25.3. The van der Waals surface area contributed by atoms with E-state index in [1.807, 2.05) is 0 Å². The molecule has 0 saturated heterocycles. The average molecular weight is 827 g/mol. The first-order valence-electron chi connectivity index (χ1n) is 16.6. The zero-order chi connectivity index (χ0) is 37.9. The fraction of sp³-hybridized carbons (Fsp3) is 0.895. The van der Waals surface area contributed by atoms with Crippen LogP contribution in [0.2, 0.25) is 0 Å². The molecule has 0 amide bonds. The van der Waals surface area contributed by atoms with Gasteiger partial charge in [0.1, 0.15) is 0 Å². The van der Waals surface area contributed by atoms with Gasteiger partial charge in [0.2, 0.25) is 0 Å². The Kier molecular flexibility index (Phi) is 29.0. The summed E-state index contributed by atoms with van der Waals surface area (Å²) in [6, 6.07) is 0. The van der Waals surface area contributed by atoms with E-state index in [0.29, 0.717) is 32.5 Å². The minimum atomic E-state index is 0. The van der Waals surface area contributed by atoms with E-state index in [1.165, 1.54) is 25.7 Å². The summed E-state index contributed by atoms with van der Waals surface area (Å²) in [5.74, 6) is 5.32. The summed E-state index contributed by atoms with van der Waals surface area (Å²) in [4.78, 5) is 0. The van der Waals surface area contributed by atoms with Gasteiger partial charge in [-0.15, -0.1) is 0 Å². The van der Waals surface area contributed by atoms with Gasteiger partial charge in [-0.25, -0.2) is 0 Å². The number of hydrogen-bond acceptors (Lipinski definition) is 0. The molecule has 2 fully saturated rings. The molecule has 0 bridgehead atoms. The molecule has 0 aliphatic heterocycles. The summed E-state index contributed by atoms with van der Waals surface area (Å²) in [5.41, 5.74) is 2.78. The van der Waals surface area contributed by atoms with Crippen LogP contribution in [0.1, 0.15) is 150 Å². The van der Waals surface area contributed by atoms with Crippen LogP contribution in [-0.4, -0.2) is 0 Å². The minimum absolute atomic E-state index is 0. The van der Waals surface area contributed by atoms with E-state index < -0.39 is 0 Å². The van der Waals surface area contributed by atoms with Gasteiger partial charge >= 0.3 is 45.2 Å². The van der Waals surface area contributed by atoms with Crippen LogP contribution >= 0.6 is 27.8 Å². The number of rotatable bonds is 0. The quantitative estimate of drug-likeness (QED) is 0.144. The largest absolute Gasteiger partial charge is 0.0734 e. The first kappa shape index (κ1) is 58.5. The smallest absolute Gasteiger partial charge is 0 e. The molecular weight excluding hydrogens is 756 g/mol. The molecule has 0 radical (unpaired) electrons. The normalized spacial score (nSPS) is 25.0. The molecule has 2 aliphatic carbocycles. The van der Waals surface area contributed by atoms with Gasteiger partial charge in [0.25, 0.3) is 0 Å². The van der Waals surface area contributed by atoms with Crippen LogP contribution < -0.4 is 0 Å². The maximum atomic E-state index is 7.50. The van der Waals surface area contributed by atoms with Gasteiger partial charge in [-0.05, 0) is 106 Å². The summed E-state index contributed by atoms with van der Waals surface area (Å²) in [6.07, 6.45) is 7.54. The second-order valence-electron chi connectivity index (χ2n) is 19.8. The Hall–Kier alpha value is 1.20. The van der Waals surface area contributed by atoms with Crippen molar-refractivity contribution in [1.29, 1.82) is 0 Å². The predicted molar refractivity (Wildman–Crippen MR) is 202 cm³/mol. The fourth-order valence-corrected chi connectivity index (χ4v) is 33.1. The molecule has 2 aromatic heterocycles. The zero-order valence-electron chi connectivity index (χ0n) is 33.5. The van der Waals surface area contributed by atoms with Gasteiger partial charge < -0.3 is 0 Å². The van der Waals surface area contributed by atoms with E-state index in [2.05, 4.69) is 151 Å². The summed E-state index contributed by atoms with van der Waals surface area (Å²) in [5, 5.41) is 0. The van der Waals surface area contributed by atoms with Gasteiger partial charge in [0, 0.05) is 34.1 Å². The summed E-state index contributed by atoms with van der Waals surface area (Å²) in [7, 11) is 3.09. The third-order valence-corrected chi connectivity index (χ3v) is 39.7. The Morgan fingerprint density at radius 1 is 0.354 bits per heavy atom. The van der Waals surface area contributed by atoms with Crippen molar-refractivity contribution in [3.8, 4) is 0 Å². The van der Waals surface area contributed by atoms with Gasteiger partial charge in [0.05, 0.1) is 0 Å². The van der Waals surface area contributed by atoms with Gasteiger partial charge in [-0.1, -0.05) is 140 Å². The van der Waals surface area contributed by atoms with Crippen LogP contribution in [-0.2, 0) is 52.7 Å². The monoisotopic (exact) mass is 826 g/mol.